The van der Waals surface area contributed by atoms with E-state index in [1.807, 2.05) is 49.4 Å². The van der Waals surface area contributed by atoms with Crippen molar-refractivity contribution in [2.45, 2.75) is 19.3 Å². The number of carbonyl (C=O) groups excluding carboxylic acids is 1. The summed E-state index contributed by atoms with van der Waals surface area (Å²) in [4.78, 5) is 17.5. The highest BCUT2D eigenvalue weighted by atomic mass is 16.5. The number of benzene rings is 2. The molecule has 0 saturated heterocycles. The maximum atomic E-state index is 12.8. The Hall–Kier alpha value is -4.47. The molecule has 1 aliphatic rings. The third-order valence-electron chi connectivity index (χ3n) is 6.02. The van der Waals surface area contributed by atoms with Crippen molar-refractivity contribution in [3.05, 3.63) is 65.5 Å². The van der Waals surface area contributed by atoms with Crippen molar-refractivity contribution in [2.75, 3.05) is 26.6 Å². The van der Waals surface area contributed by atoms with Crippen LogP contribution in [0.2, 0.25) is 0 Å². The van der Waals surface area contributed by atoms with Gasteiger partial charge >= 0.3 is 0 Å². The zero-order valence-corrected chi connectivity index (χ0v) is 19.8. The van der Waals surface area contributed by atoms with Crippen LogP contribution in [-0.4, -0.2) is 52.2 Å². The van der Waals surface area contributed by atoms with Gasteiger partial charge in [-0.15, -0.1) is 5.10 Å². The van der Waals surface area contributed by atoms with Gasteiger partial charge in [0, 0.05) is 35.1 Å². The molecule has 0 bridgehead atoms. The number of amides is 1. The van der Waals surface area contributed by atoms with Gasteiger partial charge in [0.1, 0.15) is 23.1 Å². The number of ether oxygens (including phenoxy) is 3. The molecule has 1 atom stereocenters. The van der Waals surface area contributed by atoms with Crippen molar-refractivity contribution in [3.8, 4) is 34.5 Å². The Labute approximate surface area is 201 Å². The quantitative estimate of drug-likeness (QED) is 0.453. The number of aryl methyl sites for hydroxylation is 1. The van der Waals surface area contributed by atoms with Crippen molar-refractivity contribution < 1.29 is 19.0 Å². The van der Waals surface area contributed by atoms with E-state index in [-0.39, 0.29) is 24.2 Å². The molecule has 0 saturated carbocycles. The van der Waals surface area contributed by atoms with E-state index in [1.165, 1.54) is 4.68 Å². The summed E-state index contributed by atoms with van der Waals surface area (Å²) in [6.07, 6.45) is 1.83. The van der Waals surface area contributed by atoms with E-state index in [9.17, 15) is 4.79 Å². The molecule has 2 aromatic carbocycles. The molecule has 3 heterocycles. The van der Waals surface area contributed by atoms with Crippen molar-refractivity contribution in [1.82, 2.24) is 25.0 Å². The summed E-state index contributed by atoms with van der Waals surface area (Å²) in [5.74, 6) is 2.38. The lowest BCUT2D eigenvalue weighted by Crippen LogP contribution is -2.25. The first-order valence-electron chi connectivity index (χ1n) is 11.0. The highest BCUT2D eigenvalue weighted by Gasteiger charge is 2.35. The molecule has 178 valence electrons. The van der Waals surface area contributed by atoms with Gasteiger partial charge in [0.15, 0.2) is 0 Å². The lowest BCUT2D eigenvalue weighted by atomic mass is 9.85. The fourth-order valence-corrected chi connectivity index (χ4v) is 4.37. The second-order valence-corrected chi connectivity index (χ2v) is 8.05. The van der Waals surface area contributed by atoms with E-state index < -0.39 is 0 Å². The Balaban J connectivity index is 1.61. The summed E-state index contributed by atoms with van der Waals surface area (Å²) in [6, 6.07) is 13.1. The lowest BCUT2D eigenvalue weighted by molar-refractivity contribution is -0.116. The van der Waals surface area contributed by atoms with Crippen LogP contribution in [0.4, 0.5) is 5.82 Å². The Morgan fingerprint density at radius 3 is 2.60 bits per heavy atom. The lowest BCUT2D eigenvalue weighted by Gasteiger charge is -2.25. The first kappa shape index (κ1) is 22.3. The Bertz CT molecular complexity index is 1420. The number of fused-ring (bicyclic) bond motifs is 1. The van der Waals surface area contributed by atoms with Gasteiger partial charge in [-0.25, -0.2) is 4.98 Å². The highest BCUT2D eigenvalue weighted by molar-refractivity contribution is 5.95. The van der Waals surface area contributed by atoms with Crippen molar-refractivity contribution in [1.29, 1.82) is 0 Å². The summed E-state index contributed by atoms with van der Waals surface area (Å²) in [7, 11) is 4.81. The third kappa shape index (κ3) is 4.03. The predicted molar refractivity (Wildman–Crippen MR) is 128 cm³/mol. The summed E-state index contributed by atoms with van der Waals surface area (Å²) in [6.45, 7) is 1.90. The van der Waals surface area contributed by atoms with E-state index in [4.69, 9.17) is 14.2 Å². The van der Waals surface area contributed by atoms with Crippen molar-refractivity contribution in [3.63, 3.8) is 0 Å². The summed E-state index contributed by atoms with van der Waals surface area (Å²) < 4.78 is 17.8. The number of nitrogens with zero attached hydrogens (tertiary/aromatic N) is 5. The minimum atomic E-state index is -0.261. The molecule has 4 aromatic rings. The molecule has 10 nitrogen and oxygen atoms in total. The molecule has 35 heavy (non-hydrogen) atoms. The van der Waals surface area contributed by atoms with Gasteiger partial charge in [0.05, 0.1) is 38.9 Å². The molecule has 1 N–H and O–H groups in total. The van der Waals surface area contributed by atoms with Gasteiger partial charge in [-0.3, -0.25) is 4.79 Å². The predicted octanol–water partition coefficient (Wildman–Crippen LogP) is 3.53. The van der Waals surface area contributed by atoms with Crippen LogP contribution in [0.25, 0.3) is 17.2 Å². The second-order valence-electron chi connectivity index (χ2n) is 8.05. The summed E-state index contributed by atoms with van der Waals surface area (Å²) in [5, 5.41) is 16.0. The largest absolute Gasteiger partial charge is 0.497 e. The van der Waals surface area contributed by atoms with Gasteiger partial charge < -0.3 is 19.5 Å². The van der Waals surface area contributed by atoms with Crippen LogP contribution in [0, 0.1) is 6.92 Å². The highest BCUT2D eigenvalue weighted by Crippen LogP contribution is 2.43. The van der Waals surface area contributed by atoms with Gasteiger partial charge in [-0.05, 0) is 25.1 Å². The molecular formula is C25H24N6O4. The average molecular weight is 473 g/mol. The molecule has 0 aliphatic carbocycles. The molecule has 10 heteroatoms. The van der Waals surface area contributed by atoms with Crippen molar-refractivity contribution >= 4 is 11.7 Å². The maximum absolute atomic E-state index is 12.8. The van der Waals surface area contributed by atoms with E-state index >= 15 is 0 Å². The van der Waals surface area contributed by atoms with Gasteiger partial charge in [-0.2, -0.15) is 14.9 Å². The zero-order valence-electron chi connectivity index (χ0n) is 19.8. The number of carbonyl (C=O) groups is 1. The molecule has 1 aliphatic heterocycles. The number of rotatable bonds is 6. The molecule has 2 aromatic heterocycles. The Morgan fingerprint density at radius 2 is 1.83 bits per heavy atom. The number of hydrogen-bond acceptors (Lipinski definition) is 8. The molecule has 0 spiro atoms. The second kappa shape index (κ2) is 9.05. The smallest absolute Gasteiger partial charge is 0.272 e. The monoisotopic (exact) mass is 472 g/mol. The van der Waals surface area contributed by atoms with Crippen LogP contribution in [0.1, 0.15) is 29.2 Å². The number of hydrogen-bond donors (Lipinski definition) is 1. The van der Waals surface area contributed by atoms with Crippen LogP contribution in [0.15, 0.2) is 48.7 Å². The fourth-order valence-electron chi connectivity index (χ4n) is 4.37. The topological polar surface area (TPSA) is 113 Å². The van der Waals surface area contributed by atoms with Crippen LogP contribution < -0.4 is 19.5 Å². The minimum Gasteiger partial charge on any atom is -0.497 e. The SMILES string of the molecule is COc1cccc(-c2cnnc(-n3nc(C)c4c3NC(=O)C[C@@H]4c3ccc(OC)cc3OC)n2)c1. The van der Waals surface area contributed by atoms with Crippen LogP contribution in [0.3, 0.4) is 0 Å². The zero-order chi connectivity index (χ0) is 24.5. The van der Waals surface area contributed by atoms with Gasteiger partial charge in [-0.1, -0.05) is 18.2 Å². The van der Waals surface area contributed by atoms with Gasteiger partial charge in [0.25, 0.3) is 5.95 Å². The summed E-state index contributed by atoms with van der Waals surface area (Å²) in [5.41, 5.74) is 3.92. The number of anilines is 1. The Kier molecular flexibility index (Phi) is 5.77. The van der Waals surface area contributed by atoms with Crippen molar-refractivity contribution in [2.24, 2.45) is 0 Å². The first-order chi connectivity index (χ1) is 17.0. The molecule has 0 radical (unpaired) electrons. The average Bonchev–Trinajstić information content (AvgIpc) is 3.23. The maximum Gasteiger partial charge on any atom is 0.272 e. The normalized spacial score (nSPS) is 14.7. The molecule has 5 rings (SSSR count). The summed E-state index contributed by atoms with van der Waals surface area (Å²) >= 11 is 0. The van der Waals surface area contributed by atoms with E-state index in [0.717, 1.165) is 22.4 Å². The standard InChI is InChI=1S/C25H24N6O4/c1-14-23-19(18-9-8-17(34-3)11-21(18)35-4)12-22(32)28-24(23)31(30-14)25-27-20(13-26-29-25)15-6-5-7-16(10-15)33-2/h5-11,13,19H,12H2,1-4H3,(H,28,32)/t19-/m1/s1. The number of methoxy groups -OCH3 is 3. The minimum absolute atomic E-state index is 0.140. The third-order valence-corrected chi connectivity index (χ3v) is 6.02. The molecular weight excluding hydrogens is 448 g/mol. The van der Waals surface area contributed by atoms with Crippen LogP contribution in [-0.2, 0) is 4.79 Å². The Morgan fingerprint density at radius 1 is 1.03 bits per heavy atom. The van der Waals surface area contributed by atoms with Crippen LogP contribution >= 0.6 is 0 Å². The molecule has 0 fully saturated rings. The van der Waals surface area contributed by atoms with Gasteiger partial charge in [0.2, 0.25) is 5.91 Å². The molecule has 0 unspecified atom stereocenters. The van der Waals surface area contributed by atoms with E-state index in [2.05, 4.69) is 25.6 Å². The fraction of sp³-hybridized carbons (Fsp3) is 0.240. The molecule has 1 amide bonds. The van der Waals surface area contributed by atoms with Crippen LogP contribution in [0.5, 0.6) is 17.2 Å². The number of nitrogens with one attached hydrogen (secondary N) is 1. The number of aromatic nitrogens is 5. The van der Waals surface area contributed by atoms with E-state index in [1.54, 1.807) is 27.5 Å². The van der Waals surface area contributed by atoms with E-state index in [0.29, 0.717) is 28.8 Å². The first-order valence-corrected chi connectivity index (χ1v) is 11.0.